The van der Waals surface area contributed by atoms with Crippen molar-refractivity contribution in [2.45, 2.75) is 19.1 Å². The van der Waals surface area contributed by atoms with Crippen LogP contribution in [0.5, 0.6) is 0 Å². The summed E-state index contributed by atoms with van der Waals surface area (Å²) in [4.78, 5) is 6.08. The van der Waals surface area contributed by atoms with Crippen LogP contribution in [-0.2, 0) is 6.54 Å². The van der Waals surface area contributed by atoms with Crippen LogP contribution in [-0.4, -0.2) is 28.4 Å². The molecule has 3 nitrogen and oxygen atoms in total. The van der Waals surface area contributed by atoms with Crippen LogP contribution in [0.2, 0.25) is 0 Å². The van der Waals surface area contributed by atoms with Gasteiger partial charge in [-0.25, -0.2) is 0 Å². The molecule has 1 heterocycles. The number of benzene rings is 1. The molecule has 84 valence electrons. The molecule has 0 aromatic heterocycles. The zero-order valence-corrected chi connectivity index (χ0v) is 9.37. The third kappa shape index (κ3) is 2.94. The summed E-state index contributed by atoms with van der Waals surface area (Å²) in [5.74, 6) is 0. The summed E-state index contributed by atoms with van der Waals surface area (Å²) in [6, 6.07) is 10.2. The predicted molar refractivity (Wildman–Crippen MR) is 65.1 cm³/mol. The maximum absolute atomic E-state index is 9.97. The van der Waals surface area contributed by atoms with Crippen molar-refractivity contribution < 1.29 is 5.11 Å². The summed E-state index contributed by atoms with van der Waals surface area (Å²) in [7, 11) is 0. The van der Waals surface area contributed by atoms with Crippen LogP contribution in [0.15, 0.2) is 47.7 Å². The Morgan fingerprint density at radius 2 is 2.12 bits per heavy atom. The Kier molecular flexibility index (Phi) is 3.06. The molecule has 1 unspecified atom stereocenters. The summed E-state index contributed by atoms with van der Waals surface area (Å²) >= 11 is 0. The quantitative estimate of drug-likeness (QED) is 0.818. The van der Waals surface area contributed by atoms with E-state index >= 15 is 0 Å². The highest BCUT2D eigenvalue weighted by atomic mass is 16.3. The molecule has 0 amide bonds. The molecular formula is C13H16N2O. The number of nitrogens with zero attached hydrogens (tertiary/aromatic N) is 2. The average Bonchev–Trinajstić information content (AvgIpc) is 2.40. The maximum Gasteiger partial charge on any atom is 0.114 e. The molecule has 3 heteroatoms. The van der Waals surface area contributed by atoms with Crippen LogP contribution in [0, 0.1) is 0 Å². The molecule has 2 rings (SSSR count). The average molecular weight is 216 g/mol. The highest BCUT2D eigenvalue weighted by molar-refractivity contribution is 5.69. The minimum atomic E-state index is -0.863. The number of aliphatic imine (C=N–C) groups is 1. The smallest absolute Gasteiger partial charge is 0.114 e. The number of aliphatic hydroxyl groups is 1. The van der Waals surface area contributed by atoms with Gasteiger partial charge in [-0.2, -0.15) is 0 Å². The van der Waals surface area contributed by atoms with Gasteiger partial charge in [0.15, 0.2) is 0 Å². The Labute approximate surface area is 95.7 Å². The third-order valence-electron chi connectivity index (χ3n) is 2.47. The molecule has 1 N–H and O–H groups in total. The van der Waals surface area contributed by atoms with Crippen molar-refractivity contribution in [1.82, 2.24) is 4.90 Å². The van der Waals surface area contributed by atoms with Gasteiger partial charge in [0.25, 0.3) is 0 Å². The second-order valence-electron chi connectivity index (χ2n) is 4.32. The monoisotopic (exact) mass is 216 g/mol. The molecule has 0 saturated carbocycles. The van der Waals surface area contributed by atoms with Crippen molar-refractivity contribution in [2.75, 3.05) is 6.54 Å². The van der Waals surface area contributed by atoms with Gasteiger partial charge in [0, 0.05) is 25.2 Å². The molecule has 0 aliphatic carbocycles. The van der Waals surface area contributed by atoms with Gasteiger partial charge in [-0.3, -0.25) is 4.99 Å². The van der Waals surface area contributed by atoms with E-state index in [4.69, 9.17) is 0 Å². The summed E-state index contributed by atoms with van der Waals surface area (Å²) < 4.78 is 0. The van der Waals surface area contributed by atoms with Crippen molar-refractivity contribution >= 4 is 6.21 Å². The Balaban J connectivity index is 2.06. The van der Waals surface area contributed by atoms with Gasteiger partial charge in [0.2, 0.25) is 0 Å². The minimum Gasteiger partial charge on any atom is -0.383 e. The fourth-order valence-corrected chi connectivity index (χ4v) is 1.77. The van der Waals surface area contributed by atoms with Crippen molar-refractivity contribution in [3.05, 3.63) is 48.3 Å². The molecule has 0 fully saturated rings. The van der Waals surface area contributed by atoms with Crippen LogP contribution in [0.25, 0.3) is 0 Å². The van der Waals surface area contributed by atoms with Crippen LogP contribution in [0.1, 0.15) is 12.5 Å². The highest BCUT2D eigenvalue weighted by Gasteiger charge is 2.21. The van der Waals surface area contributed by atoms with Gasteiger partial charge in [0.05, 0.1) is 6.54 Å². The minimum absolute atomic E-state index is 0.557. The fourth-order valence-electron chi connectivity index (χ4n) is 1.77. The Bertz CT molecular complexity index is 396. The van der Waals surface area contributed by atoms with E-state index in [9.17, 15) is 5.11 Å². The van der Waals surface area contributed by atoms with Gasteiger partial charge in [0.1, 0.15) is 5.60 Å². The molecule has 1 aliphatic heterocycles. The molecule has 0 bridgehead atoms. The molecule has 1 aliphatic rings. The first-order chi connectivity index (χ1) is 7.66. The van der Waals surface area contributed by atoms with Crippen LogP contribution in [0.3, 0.4) is 0 Å². The fraction of sp³-hybridized carbons (Fsp3) is 0.308. The number of hydrogen-bond donors (Lipinski definition) is 1. The number of rotatable bonds is 2. The van der Waals surface area contributed by atoms with E-state index < -0.39 is 5.60 Å². The largest absolute Gasteiger partial charge is 0.383 e. The van der Waals surface area contributed by atoms with Crippen LogP contribution >= 0.6 is 0 Å². The number of hydrogen-bond acceptors (Lipinski definition) is 3. The second kappa shape index (κ2) is 4.49. The summed E-state index contributed by atoms with van der Waals surface area (Å²) in [6.07, 6.45) is 5.20. The van der Waals surface area contributed by atoms with Gasteiger partial charge >= 0.3 is 0 Å². The van der Waals surface area contributed by atoms with Crippen molar-refractivity contribution in [2.24, 2.45) is 4.99 Å². The van der Waals surface area contributed by atoms with E-state index in [-0.39, 0.29) is 0 Å². The Morgan fingerprint density at radius 3 is 2.88 bits per heavy atom. The molecule has 0 radical (unpaired) electrons. The van der Waals surface area contributed by atoms with E-state index in [1.165, 1.54) is 5.56 Å². The Morgan fingerprint density at radius 1 is 1.38 bits per heavy atom. The SMILES string of the molecule is CC1(O)C=NC=CN(Cc2ccccc2)C1. The lowest BCUT2D eigenvalue weighted by Gasteiger charge is -2.26. The zero-order chi connectivity index (χ0) is 11.4. The molecule has 1 aromatic rings. The van der Waals surface area contributed by atoms with Crippen molar-refractivity contribution in [3.8, 4) is 0 Å². The van der Waals surface area contributed by atoms with Crippen molar-refractivity contribution in [3.63, 3.8) is 0 Å². The normalized spacial score (nSPS) is 24.5. The van der Waals surface area contributed by atoms with Crippen molar-refractivity contribution in [1.29, 1.82) is 0 Å². The standard InChI is InChI=1S/C13H16N2O/c1-13(16)10-14-7-8-15(11-13)9-12-5-3-2-4-6-12/h2-8,10,16H,9,11H2,1H3. The first kappa shape index (κ1) is 10.9. The van der Waals surface area contributed by atoms with E-state index in [0.29, 0.717) is 6.54 Å². The van der Waals surface area contributed by atoms with Gasteiger partial charge < -0.3 is 10.0 Å². The topological polar surface area (TPSA) is 35.8 Å². The molecule has 16 heavy (non-hydrogen) atoms. The van der Waals surface area contributed by atoms with E-state index in [0.717, 1.165) is 6.54 Å². The first-order valence-electron chi connectivity index (χ1n) is 5.37. The third-order valence-corrected chi connectivity index (χ3v) is 2.47. The lowest BCUT2D eigenvalue weighted by Crippen LogP contribution is -2.38. The highest BCUT2D eigenvalue weighted by Crippen LogP contribution is 2.12. The lowest BCUT2D eigenvalue weighted by atomic mass is 10.1. The molecule has 1 aromatic carbocycles. The number of β-amino-alcohol motifs (C(OH)–C–C–N with tert-alkyl or cyclic N) is 1. The summed E-state index contributed by atoms with van der Waals surface area (Å²) in [5.41, 5.74) is 0.364. The summed E-state index contributed by atoms with van der Waals surface area (Å²) in [5, 5.41) is 9.97. The molecule has 0 spiro atoms. The lowest BCUT2D eigenvalue weighted by molar-refractivity contribution is 0.100. The zero-order valence-electron chi connectivity index (χ0n) is 9.37. The molecule has 1 atom stereocenters. The Hall–Kier alpha value is -1.61. The van der Waals surface area contributed by atoms with Gasteiger partial charge in [-0.15, -0.1) is 0 Å². The van der Waals surface area contributed by atoms with E-state index in [1.54, 1.807) is 19.3 Å². The summed E-state index contributed by atoms with van der Waals surface area (Å²) in [6.45, 7) is 3.11. The molecule has 0 saturated heterocycles. The predicted octanol–water partition coefficient (Wildman–Crippen LogP) is 1.80. The molecular weight excluding hydrogens is 200 g/mol. The van der Waals surface area contributed by atoms with E-state index in [2.05, 4.69) is 22.0 Å². The van der Waals surface area contributed by atoms with Crippen LogP contribution in [0.4, 0.5) is 0 Å². The van der Waals surface area contributed by atoms with E-state index in [1.807, 2.05) is 24.4 Å². The van der Waals surface area contributed by atoms with Crippen LogP contribution < -0.4 is 0 Å². The second-order valence-corrected chi connectivity index (χ2v) is 4.32. The van der Waals surface area contributed by atoms with Gasteiger partial charge in [-0.05, 0) is 12.5 Å². The first-order valence-corrected chi connectivity index (χ1v) is 5.37. The maximum atomic E-state index is 9.97. The van der Waals surface area contributed by atoms with Gasteiger partial charge in [-0.1, -0.05) is 30.3 Å².